The molecule has 0 bridgehead atoms. The van der Waals surface area contributed by atoms with E-state index < -0.39 is 0 Å². The first kappa shape index (κ1) is 16.9. The minimum atomic E-state index is 0.162. The summed E-state index contributed by atoms with van der Waals surface area (Å²) in [6.45, 7) is 5.29. The van der Waals surface area contributed by atoms with Gasteiger partial charge in [-0.25, -0.2) is 4.98 Å². The number of aromatic nitrogens is 2. The second-order valence-corrected chi connectivity index (χ2v) is 5.95. The van der Waals surface area contributed by atoms with Crippen LogP contribution in [0.15, 0.2) is 24.3 Å². The number of piperazine rings is 1. The fourth-order valence-electron chi connectivity index (χ4n) is 2.94. The van der Waals surface area contributed by atoms with E-state index in [-0.39, 0.29) is 13.2 Å². The van der Waals surface area contributed by atoms with E-state index in [0.717, 1.165) is 55.4 Å². The molecule has 3 rings (SSSR count). The molecule has 2 aromatic rings. The van der Waals surface area contributed by atoms with Gasteiger partial charge in [-0.1, -0.05) is 12.1 Å². The maximum Gasteiger partial charge on any atom is 0.227 e. The zero-order chi connectivity index (χ0) is 16.8. The molecular weight excluding hydrogens is 306 g/mol. The van der Waals surface area contributed by atoms with Gasteiger partial charge in [0.1, 0.15) is 5.82 Å². The number of rotatable bonds is 7. The summed E-state index contributed by atoms with van der Waals surface area (Å²) in [5, 5.41) is 22.3. The molecule has 1 saturated heterocycles. The Morgan fingerprint density at radius 1 is 1.00 bits per heavy atom. The smallest absolute Gasteiger partial charge is 0.227 e. The van der Waals surface area contributed by atoms with E-state index in [9.17, 15) is 0 Å². The Labute approximate surface area is 141 Å². The van der Waals surface area contributed by atoms with Gasteiger partial charge in [0, 0.05) is 51.3 Å². The summed E-state index contributed by atoms with van der Waals surface area (Å²) in [4.78, 5) is 13.9. The standard InChI is InChI=1S/C17H25N5O2/c23-12-3-6-18-16-14-4-1-2-5-15(14)19-17(20-16)22-9-7-21(8-10-22)11-13-24/h1-2,4-5,23-24H,3,6-13H2,(H,18,19,20). The van der Waals surface area contributed by atoms with E-state index in [1.807, 2.05) is 24.3 Å². The van der Waals surface area contributed by atoms with Crippen LogP contribution in [0.2, 0.25) is 0 Å². The van der Waals surface area contributed by atoms with Gasteiger partial charge in [-0.3, -0.25) is 4.90 Å². The van der Waals surface area contributed by atoms with E-state index in [0.29, 0.717) is 13.0 Å². The highest BCUT2D eigenvalue weighted by molar-refractivity contribution is 5.90. The van der Waals surface area contributed by atoms with Gasteiger partial charge < -0.3 is 20.4 Å². The summed E-state index contributed by atoms with van der Waals surface area (Å²) < 4.78 is 0. The Hall–Kier alpha value is -1.96. The van der Waals surface area contributed by atoms with Gasteiger partial charge in [0.2, 0.25) is 5.95 Å². The van der Waals surface area contributed by atoms with E-state index >= 15 is 0 Å². The number of hydrogen-bond donors (Lipinski definition) is 3. The van der Waals surface area contributed by atoms with Crippen LogP contribution in [-0.4, -0.2) is 77.6 Å². The second kappa shape index (κ2) is 8.23. The van der Waals surface area contributed by atoms with Gasteiger partial charge >= 0.3 is 0 Å². The lowest BCUT2D eigenvalue weighted by Crippen LogP contribution is -2.47. The molecule has 0 radical (unpaired) electrons. The van der Waals surface area contributed by atoms with Crippen LogP contribution in [0.5, 0.6) is 0 Å². The zero-order valence-electron chi connectivity index (χ0n) is 13.9. The van der Waals surface area contributed by atoms with E-state index in [4.69, 9.17) is 20.2 Å². The molecule has 0 spiro atoms. The maximum absolute atomic E-state index is 9.05. The van der Waals surface area contributed by atoms with Gasteiger partial charge in [-0.2, -0.15) is 4.98 Å². The number of para-hydroxylation sites is 1. The fraction of sp³-hybridized carbons (Fsp3) is 0.529. The Morgan fingerprint density at radius 3 is 2.54 bits per heavy atom. The first-order valence-electron chi connectivity index (χ1n) is 8.51. The Morgan fingerprint density at radius 2 is 1.79 bits per heavy atom. The lowest BCUT2D eigenvalue weighted by Gasteiger charge is -2.34. The summed E-state index contributed by atoms with van der Waals surface area (Å²) in [5.41, 5.74) is 0.923. The molecule has 7 heteroatoms. The third kappa shape index (κ3) is 3.92. The minimum Gasteiger partial charge on any atom is -0.396 e. The number of nitrogens with zero attached hydrogens (tertiary/aromatic N) is 4. The van der Waals surface area contributed by atoms with Crippen LogP contribution in [-0.2, 0) is 0 Å². The SMILES string of the molecule is OCCCNc1nc(N2CCN(CCO)CC2)nc2ccccc12. The van der Waals surface area contributed by atoms with Crippen molar-refractivity contribution in [3.63, 3.8) is 0 Å². The summed E-state index contributed by atoms with van der Waals surface area (Å²) in [6, 6.07) is 7.98. The highest BCUT2D eigenvalue weighted by Crippen LogP contribution is 2.24. The highest BCUT2D eigenvalue weighted by atomic mass is 16.3. The maximum atomic E-state index is 9.05. The molecule has 7 nitrogen and oxygen atoms in total. The minimum absolute atomic E-state index is 0.162. The van der Waals surface area contributed by atoms with Crippen LogP contribution < -0.4 is 10.2 Å². The van der Waals surface area contributed by atoms with Crippen LogP contribution in [0.1, 0.15) is 6.42 Å². The van der Waals surface area contributed by atoms with Crippen molar-refractivity contribution < 1.29 is 10.2 Å². The van der Waals surface area contributed by atoms with Crippen molar-refractivity contribution in [2.45, 2.75) is 6.42 Å². The van der Waals surface area contributed by atoms with Crippen LogP contribution in [0.4, 0.5) is 11.8 Å². The molecule has 0 amide bonds. The summed E-state index contributed by atoms with van der Waals surface area (Å²) in [6.07, 6.45) is 0.688. The Bertz CT molecular complexity index is 658. The largest absolute Gasteiger partial charge is 0.396 e. The topological polar surface area (TPSA) is 84.8 Å². The first-order valence-corrected chi connectivity index (χ1v) is 8.51. The molecule has 0 saturated carbocycles. The molecule has 24 heavy (non-hydrogen) atoms. The van der Waals surface area contributed by atoms with Gasteiger partial charge in [-0.15, -0.1) is 0 Å². The van der Waals surface area contributed by atoms with Gasteiger partial charge in [0.15, 0.2) is 0 Å². The van der Waals surface area contributed by atoms with Crippen LogP contribution in [0.3, 0.4) is 0 Å². The number of aliphatic hydroxyl groups is 2. The van der Waals surface area contributed by atoms with Gasteiger partial charge in [-0.05, 0) is 18.6 Å². The van der Waals surface area contributed by atoms with Crippen LogP contribution in [0, 0.1) is 0 Å². The molecule has 1 aliphatic rings. The summed E-state index contributed by atoms with van der Waals surface area (Å²) >= 11 is 0. The van der Waals surface area contributed by atoms with Crippen LogP contribution in [0.25, 0.3) is 10.9 Å². The molecule has 2 heterocycles. The van der Waals surface area contributed by atoms with E-state index in [1.54, 1.807) is 0 Å². The molecule has 0 unspecified atom stereocenters. The fourth-order valence-corrected chi connectivity index (χ4v) is 2.94. The van der Waals surface area contributed by atoms with Crippen molar-refractivity contribution in [2.24, 2.45) is 0 Å². The average Bonchev–Trinajstić information content (AvgIpc) is 2.62. The zero-order valence-corrected chi connectivity index (χ0v) is 13.9. The average molecular weight is 331 g/mol. The van der Waals surface area contributed by atoms with Crippen molar-refractivity contribution in [1.29, 1.82) is 0 Å². The monoisotopic (exact) mass is 331 g/mol. The van der Waals surface area contributed by atoms with Crippen molar-refractivity contribution in [1.82, 2.24) is 14.9 Å². The number of β-amino-alcohol motifs (C(OH)–C–C–N with tert-alkyl or cyclic N) is 1. The summed E-state index contributed by atoms with van der Waals surface area (Å²) in [7, 11) is 0. The quantitative estimate of drug-likeness (QED) is 0.639. The number of fused-ring (bicyclic) bond motifs is 1. The number of aliphatic hydroxyl groups excluding tert-OH is 2. The lowest BCUT2D eigenvalue weighted by molar-refractivity contribution is 0.188. The molecule has 1 aromatic heterocycles. The van der Waals surface area contributed by atoms with E-state index in [1.165, 1.54) is 0 Å². The van der Waals surface area contributed by atoms with Gasteiger partial charge in [0.05, 0.1) is 12.1 Å². The molecule has 130 valence electrons. The summed E-state index contributed by atoms with van der Waals surface area (Å²) in [5.74, 6) is 1.56. The molecule has 1 aromatic carbocycles. The predicted octanol–water partition coefficient (Wildman–Crippen LogP) is 0.538. The van der Waals surface area contributed by atoms with Crippen molar-refractivity contribution in [2.75, 3.05) is 62.7 Å². The number of nitrogens with one attached hydrogen (secondary N) is 1. The number of benzene rings is 1. The molecule has 3 N–H and O–H groups in total. The third-order valence-electron chi connectivity index (χ3n) is 4.29. The molecular formula is C17H25N5O2. The second-order valence-electron chi connectivity index (χ2n) is 5.95. The lowest BCUT2D eigenvalue weighted by atomic mass is 10.2. The number of hydrogen-bond acceptors (Lipinski definition) is 7. The predicted molar refractivity (Wildman–Crippen MR) is 95.5 cm³/mol. The van der Waals surface area contributed by atoms with Gasteiger partial charge in [0.25, 0.3) is 0 Å². The van der Waals surface area contributed by atoms with Crippen molar-refractivity contribution in [3.8, 4) is 0 Å². The first-order chi connectivity index (χ1) is 11.8. The Kier molecular flexibility index (Phi) is 5.79. The molecule has 0 atom stereocenters. The third-order valence-corrected chi connectivity index (χ3v) is 4.29. The molecule has 1 aliphatic heterocycles. The van der Waals surface area contributed by atoms with Crippen molar-refractivity contribution in [3.05, 3.63) is 24.3 Å². The van der Waals surface area contributed by atoms with Crippen molar-refractivity contribution >= 4 is 22.7 Å². The number of anilines is 2. The molecule has 1 fully saturated rings. The Balaban J connectivity index is 1.80. The normalized spacial score (nSPS) is 15.8. The van der Waals surface area contributed by atoms with E-state index in [2.05, 4.69) is 15.1 Å². The molecule has 0 aliphatic carbocycles. The highest BCUT2D eigenvalue weighted by Gasteiger charge is 2.19. The van der Waals surface area contributed by atoms with Crippen LogP contribution >= 0.6 is 0 Å².